The minimum atomic E-state index is -0.121. The number of carbonyl (C=O) groups excluding carboxylic acids is 1. The van der Waals surface area contributed by atoms with Crippen LogP contribution in [-0.2, 0) is 11.3 Å². The first kappa shape index (κ1) is 14.1. The molecule has 0 radical (unpaired) electrons. The van der Waals surface area contributed by atoms with Gasteiger partial charge in [-0.3, -0.25) is 9.48 Å². The molecule has 3 N–H and O–H groups in total. The van der Waals surface area contributed by atoms with Gasteiger partial charge in [-0.1, -0.05) is 26.0 Å². The van der Waals surface area contributed by atoms with Crippen LogP contribution in [0, 0.1) is 6.92 Å². The molecule has 106 valence electrons. The Hall–Kier alpha value is -2.30. The van der Waals surface area contributed by atoms with Crippen molar-refractivity contribution in [3.63, 3.8) is 0 Å². The summed E-state index contributed by atoms with van der Waals surface area (Å²) in [6, 6.07) is 7.87. The molecule has 1 amide bonds. The zero-order valence-corrected chi connectivity index (χ0v) is 12.1. The molecule has 0 aliphatic carbocycles. The van der Waals surface area contributed by atoms with Gasteiger partial charge in [-0.05, 0) is 30.5 Å². The fourth-order valence-corrected chi connectivity index (χ4v) is 1.92. The highest BCUT2D eigenvalue weighted by atomic mass is 16.2. The molecule has 0 unspecified atom stereocenters. The Morgan fingerprint density at radius 2 is 2.00 bits per heavy atom. The van der Waals surface area contributed by atoms with Crippen LogP contribution < -0.4 is 11.1 Å². The summed E-state index contributed by atoms with van der Waals surface area (Å²) in [5.74, 6) is 0.818. The molecule has 0 atom stereocenters. The first-order valence-corrected chi connectivity index (χ1v) is 6.65. The summed E-state index contributed by atoms with van der Waals surface area (Å²) < 4.78 is 1.54. The topological polar surface area (TPSA) is 72.9 Å². The molecule has 0 saturated heterocycles. The maximum absolute atomic E-state index is 11.9. The maximum Gasteiger partial charge on any atom is 0.246 e. The number of anilines is 2. The molecule has 0 aliphatic rings. The summed E-state index contributed by atoms with van der Waals surface area (Å²) in [7, 11) is 0. The summed E-state index contributed by atoms with van der Waals surface area (Å²) in [6.07, 6.45) is 1.76. The van der Waals surface area contributed by atoms with Gasteiger partial charge in [-0.25, -0.2) is 0 Å². The smallest absolute Gasteiger partial charge is 0.246 e. The van der Waals surface area contributed by atoms with Gasteiger partial charge in [0.05, 0.1) is 0 Å². The van der Waals surface area contributed by atoms with Crippen molar-refractivity contribution in [1.82, 2.24) is 9.78 Å². The summed E-state index contributed by atoms with van der Waals surface area (Å²) in [4.78, 5) is 11.9. The number of hydrogen-bond donors (Lipinski definition) is 2. The minimum Gasteiger partial charge on any atom is -0.382 e. The Morgan fingerprint density at radius 1 is 1.35 bits per heavy atom. The van der Waals surface area contributed by atoms with E-state index in [1.807, 2.05) is 31.2 Å². The third-order valence-corrected chi connectivity index (χ3v) is 3.15. The fraction of sp³-hybridized carbons (Fsp3) is 0.333. The second-order valence-corrected chi connectivity index (χ2v) is 5.22. The Kier molecular flexibility index (Phi) is 4.08. The fourth-order valence-electron chi connectivity index (χ4n) is 1.92. The van der Waals surface area contributed by atoms with Gasteiger partial charge in [0, 0.05) is 17.4 Å². The van der Waals surface area contributed by atoms with Crippen molar-refractivity contribution in [2.45, 2.75) is 33.2 Å². The Balaban J connectivity index is 1.97. The molecule has 5 heteroatoms. The van der Waals surface area contributed by atoms with E-state index in [9.17, 15) is 4.79 Å². The van der Waals surface area contributed by atoms with E-state index in [2.05, 4.69) is 24.3 Å². The lowest BCUT2D eigenvalue weighted by molar-refractivity contribution is -0.116. The normalized spacial score (nSPS) is 10.8. The molecular formula is C15H20N4O. The lowest BCUT2D eigenvalue weighted by Gasteiger charge is -2.08. The van der Waals surface area contributed by atoms with Crippen LogP contribution in [0.5, 0.6) is 0 Å². The van der Waals surface area contributed by atoms with E-state index in [1.165, 1.54) is 5.56 Å². The number of amides is 1. The van der Waals surface area contributed by atoms with E-state index in [1.54, 1.807) is 10.9 Å². The Labute approximate surface area is 118 Å². The van der Waals surface area contributed by atoms with Gasteiger partial charge in [0.2, 0.25) is 5.91 Å². The molecule has 0 saturated carbocycles. The van der Waals surface area contributed by atoms with Crippen molar-refractivity contribution in [2.75, 3.05) is 11.1 Å². The molecule has 0 aliphatic heterocycles. The van der Waals surface area contributed by atoms with E-state index in [0.29, 0.717) is 11.7 Å². The van der Waals surface area contributed by atoms with E-state index in [4.69, 9.17) is 5.73 Å². The first-order chi connectivity index (χ1) is 9.45. The minimum absolute atomic E-state index is 0.121. The molecule has 1 aromatic heterocycles. The number of nitrogens with zero attached hydrogens (tertiary/aromatic N) is 2. The van der Waals surface area contributed by atoms with Crippen LogP contribution in [0.4, 0.5) is 11.5 Å². The highest BCUT2D eigenvalue weighted by molar-refractivity contribution is 5.90. The van der Waals surface area contributed by atoms with Crippen molar-refractivity contribution in [3.05, 3.63) is 41.6 Å². The number of nitrogens with two attached hydrogens (primary N) is 1. The quantitative estimate of drug-likeness (QED) is 0.898. The van der Waals surface area contributed by atoms with Crippen LogP contribution in [0.25, 0.3) is 0 Å². The van der Waals surface area contributed by atoms with Crippen LogP contribution in [-0.4, -0.2) is 15.7 Å². The lowest BCUT2D eigenvalue weighted by Crippen LogP contribution is -2.19. The van der Waals surface area contributed by atoms with Gasteiger partial charge >= 0.3 is 0 Å². The molecule has 2 aromatic rings. The molecule has 1 heterocycles. The van der Waals surface area contributed by atoms with Crippen LogP contribution in [0.15, 0.2) is 30.5 Å². The standard InChI is InChI=1S/C15H20N4O/c1-10(2)12-4-6-13(7-5-12)17-14(20)9-19-8-11(3)15(16)18-19/h4-8,10H,9H2,1-3H3,(H2,16,18)(H,17,20). The van der Waals surface area contributed by atoms with Gasteiger partial charge in [-0.15, -0.1) is 0 Å². The van der Waals surface area contributed by atoms with Crippen molar-refractivity contribution in [1.29, 1.82) is 0 Å². The number of rotatable bonds is 4. The monoisotopic (exact) mass is 272 g/mol. The maximum atomic E-state index is 11.9. The van der Waals surface area contributed by atoms with Gasteiger partial charge in [0.15, 0.2) is 0 Å². The predicted octanol–water partition coefficient (Wildman–Crippen LogP) is 2.54. The van der Waals surface area contributed by atoms with Crippen molar-refractivity contribution < 1.29 is 4.79 Å². The summed E-state index contributed by atoms with van der Waals surface area (Å²) in [5, 5.41) is 6.91. The van der Waals surface area contributed by atoms with Gasteiger partial charge in [-0.2, -0.15) is 5.10 Å². The average molecular weight is 272 g/mol. The molecule has 2 rings (SSSR count). The van der Waals surface area contributed by atoms with Crippen LogP contribution >= 0.6 is 0 Å². The number of benzene rings is 1. The van der Waals surface area contributed by atoms with Crippen LogP contribution in [0.3, 0.4) is 0 Å². The molecule has 20 heavy (non-hydrogen) atoms. The largest absolute Gasteiger partial charge is 0.382 e. The number of nitrogens with one attached hydrogen (secondary N) is 1. The second kappa shape index (κ2) is 5.77. The van der Waals surface area contributed by atoms with Gasteiger partial charge in [0.25, 0.3) is 0 Å². The molecular weight excluding hydrogens is 252 g/mol. The number of aromatic nitrogens is 2. The van der Waals surface area contributed by atoms with Crippen molar-refractivity contribution >= 4 is 17.4 Å². The van der Waals surface area contributed by atoms with Crippen molar-refractivity contribution in [2.24, 2.45) is 0 Å². The molecule has 0 bridgehead atoms. The van der Waals surface area contributed by atoms with E-state index in [-0.39, 0.29) is 12.5 Å². The highest BCUT2D eigenvalue weighted by Crippen LogP contribution is 2.17. The van der Waals surface area contributed by atoms with E-state index >= 15 is 0 Å². The zero-order chi connectivity index (χ0) is 14.7. The number of nitrogen functional groups attached to an aromatic ring is 1. The zero-order valence-electron chi connectivity index (χ0n) is 12.1. The second-order valence-electron chi connectivity index (χ2n) is 5.22. The molecule has 1 aromatic carbocycles. The highest BCUT2D eigenvalue weighted by Gasteiger charge is 2.07. The summed E-state index contributed by atoms with van der Waals surface area (Å²) in [5.41, 5.74) is 8.56. The number of carbonyl (C=O) groups is 1. The van der Waals surface area contributed by atoms with Gasteiger partial charge < -0.3 is 11.1 Å². The van der Waals surface area contributed by atoms with Crippen LogP contribution in [0.1, 0.15) is 30.9 Å². The van der Waals surface area contributed by atoms with Crippen molar-refractivity contribution in [3.8, 4) is 0 Å². The molecule has 0 fully saturated rings. The third kappa shape index (κ3) is 3.38. The predicted molar refractivity (Wildman–Crippen MR) is 80.5 cm³/mol. The average Bonchev–Trinajstić information content (AvgIpc) is 2.68. The van der Waals surface area contributed by atoms with Gasteiger partial charge in [0.1, 0.15) is 12.4 Å². The molecule has 0 spiro atoms. The van der Waals surface area contributed by atoms with E-state index < -0.39 is 0 Å². The van der Waals surface area contributed by atoms with E-state index in [0.717, 1.165) is 11.3 Å². The Bertz CT molecular complexity index is 579. The number of aryl methyl sites for hydroxylation is 1. The third-order valence-electron chi connectivity index (χ3n) is 3.15. The van der Waals surface area contributed by atoms with Crippen LogP contribution in [0.2, 0.25) is 0 Å². The summed E-state index contributed by atoms with van der Waals surface area (Å²) in [6.45, 7) is 6.29. The lowest BCUT2D eigenvalue weighted by atomic mass is 10.0. The Morgan fingerprint density at radius 3 is 2.50 bits per heavy atom. The summed E-state index contributed by atoms with van der Waals surface area (Å²) >= 11 is 0. The SMILES string of the molecule is Cc1cn(CC(=O)Nc2ccc(C(C)C)cc2)nc1N. The number of hydrogen-bond acceptors (Lipinski definition) is 3. The molecule has 5 nitrogen and oxygen atoms in total. The first-order valence-electron chi connectivity index (χ1n) is 6.65.